The van der Waals surface area contributed by atoms with Gasteiger partial charge in [0.05, 0.1) is 37.8 Å². The van der Waals surface area contributed by atoms with Gasteiger partial charge in [-0.2, -0.15) is 5.26 Å². The van der Waals surface area contributed by atoms with Crippen LogP contribution in [-0.2, 0) is 6.42 Å². The number of hydrogen-bond acceptors (Lipinski definition) is 3. The summed E-state index contributed by atoms with van der Waals surface area (Å²) < 4.78 is 6.51. The smallest absolute Gasteiger partial charge is 0.0992 e. The first kappa shape index (κ1) is 23.1. The Morgan fingerprint density at radius 2 is 1.37 bits per heavy atom. The molecule has 1 unspecified atom stereocenters. The maximum Gasteiger partial charge on any atom is 0.0992 e. The molecule has 0 saturated carbocycles. The highest BCUT2D eigenvalue weighted by Gasteiger charge is 2.25. The Hall–Kier alpha value is -4.69. The first-order valence-electron chi connectivity index (χ1n) is 13.8. The molecule has 0 N–H and O–H groups in total. The highest BCUT2D eigenvalue weighted by molar-refractivity contribution is 7.31. The summed E-state index contributed by atoms with van der Waals surface area (Å²) in [6, 6.07) is 39.2. The van der Waals surface area contributed by atoms with Crippen LogP contribution in [0.4, 0.5) is 0 Å². The van der Waals surface area contributed by atoms with Crippen molar-refractivity contribution in [3.8, 4) is 11.8 Å². The van der Waals surface area contributed by atoms with E-state index in [9.17, 15) is 5.26 Å². The Labute approximate surface area is 244 Å². The van der Waals surface area contributed by atoms with Crippen molar-refractivity contribution in [3.05, 3.63) is 131 Å². The first-order chi connectivity index (χ1) is 20.3. The van der Waals surface area contributed by atoms with Crippen LogP contribution in [0.25, 0.3) is 63.8 Å². The monoisotopic (exact) mass is 558 g/mol. The van der Waals surface area contributed by atoms with Gasteiger partial charge in [-0.05, 0) is 59.3 Å². The molecule has 0 fully saturated rings. The van der Waals surface area contributed by atoms with E-state index in [1.807, 2.05) is 28.7 Å². The van der Waals surface area contributed by atoms with E-state index in [0.717, 1.165) is 12.1 Å². The van der Waals surface area contributed by atoms with Gasteiger partial charge in [-0.3, -0.25) is 0 Å². The molecule has 1 atom stereocenters. The van der Waals surface area contributed by atoms with E-state index in [0.29, 0.717) is 5.56 Å². The molecule has 192 valence electrons. The van der Waals surface area contributed by atoms with Crippen LogP contribution in [-0.4, -0.2) is 4.57 Å². The number of allylic oxidation sites excluding steroid dienone is 1. The van der Waals surface area contributed by atoms with Gasteiger partial charge in [-0.1, -0.05) is 78.9 Å². The third kappa shape index (κ3) is 3.28. The Balaban J connectivity index is 1.24. The fraction of sp³-hybridized carbons (Fsp3) is 0.0541. The van der Waals surface area contributed by atoms with E-state index in [-0.39, 0.29) is 5.92 Å². The lowest BCUT2D eigenvalue weighted by Crippen LogP contribution is -2.09. The predicted octanol–water partition coefficient (Wildman–Crippen LogP) is 10.6. The van der Waals surface area contributed by atoms with Crippen molar-refractivity contribution in [3.63, 3.8) is 0 Å². The normalized spacial score (nSPS) is 14.9. The van der Waals surface area contributed by atoms with Crippen LogP contribution in [0.2, 0.25) is 0 Å². The Bertz CT molecular complexity index is 2370. The second kappa shape index (κ2) is 8.65. The molecule has 0 bridgehead atoms. The highest BCUT2D eigenvalue weighted by Crippen LogP contribution is 2.47. The average Bonchev–Trinajstić information content (AvgIpc) is 3.70. The lowest BCUT2D eigenvalue weighted by Gasteiger charge is -2.22. The van der Waals surface area contributed by atoms with E-state index in [4.69, 9.17) is 0 Å². The molecule has 2 nitrogen and oxygen atoms in total. The molecule has 1 aliphatic carbocycles. The molecule has 0 saturated heterocycles. The Kier molecular flexibility index (Phi) is 4.87. The Morgan fingerprint density at radius 3 is 2.15 bits per heavy atom. The number of nitrogens with zero attached hydrogens (tertiary/aromatic N) is 2. The molecule has 0 radical (unpaired) electrons. The SMILES string of the molecule is N#Cc1ccc(C2C=Cc3sc4c(ccc5c6ccccc6sc54)c3C2)c(-n2c3ccccc3c3ccccc32)c1. The molecule has 3 aromatic heterocycles. The minimum absolute atomic E-state index is 0.209. The number of aromatic nitrogens is 1. The zero-order chi connectivity index (χ0) is 27.1. The molecular formula is C37H22N2S2. The maximum atomic E-state index is 9.88. The van der Waals surface area contributed by atoms with Crippen molar-refractivity contribution < 1.29 is 0 Å². The quantitative estimate of drug-likeness (QED) is 0.207. The summed E-state index contributed by atoms with van der Waals surface area (Å²) in [7, 11) is 0. The molecule has 0 amide bonds. The van der Waals surface area contributed by atoms with Gasteiger partial charge < -0.3 is 4.57 Å². The molecule has 5 aromatic carbocycles. The van der Waals surface area contributed by atoms with E-state index >= 15 is 0 Å². The van der Waals surface area contributed by atoms with Gasteiger partial charge in [0.2, 0.25) is 0 Å². The fourth-order valence-electron chi connectivity index (χ4n) is 6.76. The summed E-state index contributed by atoms with van der Waals surface area (Å²) >= 11 is 3.84. The van der Waals surface area contributed by atoms with Crippen LogP contribution >= 0.6 is 22.7 Å². The Morgan fingerprint density at radius 1 is 0.683 bits per heavy atom. The number of para-hydroxylation sites is 2. The largest absolute Gasteiger partial charge is 0.309 e. The summed E-state index contributed by atoms with van der Waals surface area (Å²) in [5, 5.41) is 16.4. The summed E-state index contributed by atoms with van der Waals surface area (Å²) in [4.78, 5) is 1.37. The van der Waals surface area contributed by atoms with Crippen LogP contribution in [0.3, 0.4) is 0 Å². The van der Waals surface area contributed by atoms with Gasteiger partial charge in [0.25, 0.3) is 0 Å². The third-order valence-corrected chi connectivity index (χ3v) is 11.2. The molecule has 1 aliphatic rings. The molecule has 8 aromatic rings. The van der Waals surface area contributed by atoms with E-state index in [2.05, 4.69) is 120 Å². The highest BCUT2D eigenvalue weighted by atomic mass is 32.1. The lowest BCUT2D eigenvalue weighted by molar-refractivity contribution is 0.827. The molecule has 0 aliphatic heterocycles. The minimum Gasteiger partial charge on any atom is -0.309 e. The number of benzene rings is 5. The molecule has 9 rings (SSSR count). The van der Waals surface area contributed by atoms with Crippen molar-refractivity contribution in [2.75, 3.05) is 0 Å². The molecule has 4 heteroatoms. The molecular weight excluding hydrogens is 537 g/mol. The van der Waals surface area contributed by atoms with Crippen molar-refractivity contribution in [1.29, 1.82) is 5.26 Å². The van der Waals surface area contributed by atoms with Crippen molar-refractivity contribution in [2.24, 2.45) is 0 Å². The summed E-state index contributed by atoms with van der Waals surface area (Å²) in [5.74, 6) is 0.209. The topological polar surface area (TPSA) is 28.7 Å². The standard InChI is InChI=1S/C37H22N2S2/c38-21-22-13-15-24(33(19-22)39-31-10-4-1-7-25(31)26-8-2-5-11-32(26)39)23-14-18-35-30(20-23)29-17-16-28-27-9-3-6-12-34(27)40-36(28)37(29)41-35/h1-19,23H,20H2. The van der Waals surface area contributed by atoms with Gasteiger partial charge in [-0.15, -0.1) is 22.7 Å². The van der Waals surface area contributed by atoms with Crippen molar-refractivity contribution >= 4 is 80.8 Å². The van der Waals surface area contributed by atoms with Gasteiger partial charge in [0.1, 0.15) is 0 Å². The molecule has 41 heavy (non-hydrogen) atoms. The third-order valence-electron chi connectivity index (χ3n) is 8.62. The zero-order valence-electron chi connectivity index (χ0n) is 22.0. The van der Waals surface area contributed by atoms with Crippen LogP contribution < -0.4 is 0 Å². The van der Waals surface area contributed by atoms with Gasteiger partial charge in [0.15, 0.2) is 0 Å². The minimum atomic E-state index is 0.209. The number of fused-ring (bicyclic) bond motifs is 10. The summed E-state index contributed by atoms with van der Waals surface area (Å²) in [5.41, 5.74) is 6.79. The first-order valence-corrected chi connectivity index (χ1v) is 15.5. The average molecular weight is 559 g/mol. The second-order valence-electron chi connectivity index (χ2n) is 10.8. The van der Waals surface area contributed by atoms with Crippen LogP contribution in [0.1, 0.15) is 27.5 Å². The summed E-state index contributed by atoms with van der Waals surface area (Å²) in [6.07, 6.45) is 5.65. The van der Waals surface area contributed by atoms with Gasteiger partial charge in [-0.25, -0.2) is 0 Å². The fourth-order valence-corrected chi connectivity index (χ4v) is 9.34. The number of thiophene rings is 2. The van der Waals surface area contributed by atoms with E-state index in [1.165, 1.54) is 68.1 Å². The van der Waals surface area contributed by atoms with E-state index in [1.54, 1.807) is 0 Å². The van der Waals surface area contributed by atoms with Crippen LogP contribution in [0, 0.1) is 11.3 Å². The number of hydrogen-bond donors (Lipinski definition) is 0. The molecule has 0 spiro atoms. The number of nitriles is 1. The predicted molar refractivity (Wildman–Crippen MR) is 176 cm³/mol. The number of rotatable bonds is 2. The van der Waals surface area contributed by atoms with Gasteiger partial charge in [0, 0.05) is 37.0 Å². The van der Waals surface area contributed by atoms with Crippen LogP contribution in [0.15, 0.2) is 109 Å². The van der Waals surface area contributed by atoms with Crippen molar-refractivity contribution in [1.82, 2.24) is 4.57 Å². The van der Waals surface area contributed by atoms with Crippen LogP contribution in [0.5, 0.6) is 0 Å². The molecule has 3 heterocycles. The van der Waals surface area contributed by atoms with Gasteiger partial charge >= 0.3 is 0 Å². The van der Waals surface area contributed by atoms with Crippen molar-refractivity contribution in [2.45, 2.75) is 12.3 Å². The summed E-state index contributed by atoms with van der Waals surface area (Å²) in [6.45, 7) is 0. The second-order valence-corrected chi connectivity index (χ2v) is 12.9. The van der Waals surface area contributed by atoms with E-state index < -0.39 is 0 Å². The zero-order valence-corrected chi connectivity index (χ0v) is 23.6. The lowest BCUT2D eigenvalue weighted by atomic mass is 9.85. The maximum absolute atomic E-state index is 9.88.